The van der Waals surface area contributed by atoms with Gasteiger partial charge < -0.3 is 18.8 Å². The van der Waals surface area contributed by atoms with E-state index in [0.717, 1.165) is 27.7 Å². The highest BCUT2D eigenvalue weighted by molar-refractivity contribution is 7.07. The van der Waals surface area contributed by atoms with Gasteiger partial charge in [0.1, 0.15) is 17.5 Å². The maximum absolute atomic E-state index is 14.5. The van der Waals surface area contributed by atoms with Crippen LogP contribution in [0.1, 0.15) is 35.3 Å². The van der Waals surface area contributed by atoms with Gasteiger partial charge in [0.2, 0.25) is 0 Å². The Balaban J connectivity index is 1.69. The summed E-state index contributed by atoms with van der Waals surface area (Å²) < 4.78 is 21.1. The Labute approximate surface area is 264 Å². The highest BCUT2D eigenvalue weighted by atomic mass is 32.1. The Hall–Kier alpha value is -5.15. The van der Waals surface area contributed by atoms with Gasteiger partial charge in [-0.15, -0.1) is 6.58 Å². The quantitative estimate of drug-likeness (QED) is 0.163. The molecule has 3 heterocycles. The molecule has 0 N–H and O–H groups in total. The minimum atomic E-state index is -0.873. The normalized spacial score (nSPS) is 14.7. The molecule has 0 spiro atoms. The van der Waals surface area contributed by atoms with E-state index in [4.69, 9.17) is 19.2 Å². The second kappa shape index (κ2) is 12.5. The molecule has 1 aliphatic rings. The van der Waals surface area contributed by atoms with Gasteiger partial charge in [-0.05, 0) is 38.1 Å². The standard InChI is InChI=1S/C36H33N3O5S/c1-6-19-38-22(3)27(25-15-11-12-16-28(25)38)21-30-34(40)39-33(26-18-17-24(42-4)20-29(26)43-5)31(35(41)44-7-2)32(37-36(39)45-30)23-13-9-8-10-14-23/h6,8-18,20-21,33H,1,7,19H2,2-5H3/b30-21-/t33-/m0/s1. The Kier molecular flexibility index (Phi) is 8.28. The largest absolute Gasteiger partial charge is 0.497 e. The molecule has 9 heteroatoms. The zero-order valence-electron chi connectivity index (χ0n) is 25.6. The number of aromatic nitrogens is 2. The van der Waals surface area contributed by atoms with Crippen molar-refractivity contribution < 1.29 is 19.0 Å². The monoisotopic (exact) mass is 619 g/mol. The predicted octanol–water partition coefficient (Wildman–Crippen LogP) is 5.40. The van der Waals surface area contributed by atoms with E-state index < -0.39 is 12.0 Å². The molecule has 0 amide bonds. The molecule has 0 unspecified atom stereocenters. The Morgan fingerprint density at radius 3 is 2.51 bits per heavy atom. The molecule has 45 heavy (non-hydrogen) atoms. The molecule has 0 aliphatic carbocycles. The number of hydrogen-bond donors (Lipinski definition) is 0. The van der Waals surface area contributed by atoms with Crippen LogP contribution in [-0.2, 0) is 16.1 Å². The Bertz CT molecular complexity index is 2150. The molecule has 0 saturated carbocycles. The third kappa shape index (κ3) is 5.19. The van der Waals surface area contributed by atoms with Gasteiger partial charge >= 0.3 is 5.97 Å². The molecular formula is C36H33N3O5S. The van der Waals surface area contributed by atoms with Crippen molar-refractivity contribution in [2.75, 3.05) is 20.8 Å². The average molecular weight is 620 g/mol. The summed E-state index contributed by atoms with van der Waals surface area (Å²) in [6, 6.07) is 22.1. The number of benzene rings is 3. The third-order valence-electron chi connectivity index (χ3n) is 7.98. The summed E-state index contributed by atoms with van der Waals surface area (Å²) >= 11 is 1.29. The number of methoxy groups -OCH3 is 2. The molecule has 0 fully saturated rings. The zero-order chi connectivity index (χ0) is 31.7. The summed E-state index contributed by atoms with van der Waals surface area (Å²) in [4.78, 5) is 33.7. The minimum absolute atomic E-state index is 0.162. The first-order valence-corrected chi connectivity index (χ1v) is 15.4. The van der Waals surface area contributed by atoms with Gasteiger partial charge in [-0.1, -0.05) is 65.9 Å². The molecule has 228 valence electrons. The Morgan fingerprint density at radius 1 is 1.04 bits per heavy atom. The molecule has 8 nitrogen and oxygen atoms in total. The molecule has 3 aromatic carbocycles. The van der Waals surface area contributed by atoms with Gasteiger partial charge in [-0.3, -0.25) is 9.36 Å². The smallest absolute Gasteiger partial charge is 0.338 e. The van der Waals surface area contributed by atoms with Crippen molar-refractivity contribution >= 4 is 40.0 Å². The fourth-order valence-electron chi connectivity index (χ4n) is 5.91. The number of rotatable bonds is 9. The maximum Gasteiger partial charge on any atom is 0.338 e. The van der Waals surface area contributed by atoms with Gasteiger partial charge in [0.25, 0.3) is 5.56 Å². The van der Waals surface area contributed by atoms with Crippen LogP contribution in [-0.4, -0.2) is 35.9 Å². The summed E-state index contributed by atoms with van der Waals surface area (Å²) in [5, 5.41) is 1.04. The number of ether oxygens (including phenoxy) is 3. The lowest BCUT2D eigenvalue weighted by molar-refractivity contribution is -0.138. The lowest BCUT2D eigenvalue weighted by atomic mass is 9.92. The van der Waals surface area contributed by atoms with Crippen molar-refractivity contribution in [2.45, 2.75) is 26.4 Å². The van der Waals surface area contributed by atoms with Crippen LogP contribution in [0, 0.1) is 6.92 Å². The number of carbonyl (C=O) groups is 1. The van der Waals surface area contributed by atoms with E-state index in [1.54, 1.807) is 37.8 Å². The first-order valence-electron chi connectivity index (χ1n) is 14.6. The van der Waals surface area contributed by atoms with Crippen molar-refractivity contribution in [1.29, 1.82) is 0 Å². The number of allylic oxidation sites excluding steroid dienone is 1. The first kappa shape index (κ1) is 29.9. The second-order valence-electron chi connectivity index (χ2n) is 10.5. The number of carbonyl (C=O) groups excluding carboxylic acids is 1. The van der Waals surface area contributed by atoms with E-state index in [9.17, 15) is 9.59 Å². The molecule has 0 saturated heterocycles. The summed E-state index contributed by atoms with van der Waals surface area (Å²) in [6.45, 7) is 8.53. The van der Waals surface area contributed by atoms with E-state index in [1.807, 2.05) is 67.6 Å². The second-order valence-corrected chi connectivity index (χ2v) is 11.5. The van der Waals surface area contributed by atoms with Crippen molar-refractivity contribution in [1.82, 2.24) is 9.13 Å². The highest BCUT2D eigenvalue weighted by Gasteiger charge is 2.37. The van der Waals surface area contributed by atoms with Gasteiger partial charge in [0, 0.05) is 45.9 Å². The average Bonchev–Trinajstić information content (AvgIpc) is 3.52. The fourth-order valence-corrected chi connectivity index (χ4v) is 6.90. The lowest BCUT2D eigenvalue weighted by Gasteiger charge is -2.27. The number of hydrogen-bond acceptors (Lipinski definition) is 7. The molecule has 2 aromatic heterocycles. The van der Waals surface area contributed by atoms with Crippen LogP contribution < -0.4 is 24.4 Å². The molecule has 6 rings (SSSR count). The van der Waals surface area contributed by atoms with Crippen molar-refractivity contribution in [2.24, 2.45) is 4.99 Å². The number of nitrogens with zero attached hydrogens (tertiary/aromatic N) is 3. The SMILES string of the molecule is C=CCn1c(C)c(/C=c2\sc3n(c2=O)[C@@H](c2ccc(OC)cc2OC)C(C(=O)OCC)=C(c2ccccc2)N=3)c2ccccc21. The minimum Gasteiger partial charge on any atom is -0.497 e. The lowest BCUT2D eigenvalue weighted by Crippen LogP contribution is -2.40. The Morgan fingerprint density at radius 2 is 1.80 bits per heavy atom. The van der Waals surface area contributed by atoms with Gasteiger partial charge in [0.15, 0.2) is 4.80 Å². The first-order chi connectivity index (χ1) is 21.9. The van der Waals surface area contributed by atoms with Crippen molar-refractivity contribution in [3.8, 4) is 11.5 Å². The number of para-hydroxylation sites is 1. The fraction of sp³-hybridized carbons (Fsp3) is 0.194. The van der Waals surface area contributed by atoms with Crippen LogP contribution >= 0.6 is 11.3 Å². The topological polar surface area (TPSA) is 84.0 Å². The molecule has 1 aliphatic heterocycles. The van der Waals surface area contributed by atoms with E-state index in [-0.39, 0.29) is 17.7 Å². The third-order valence-corrected chi connectivity index (χ3v) is 8.96. The molecule has 1 atom stereocenters. The van der Waals surface area contributed by atoms with E-state index >= 15 is 0 Å². The van der Waals surface area contributed by atoms with Crippen molar-refractivity contribution in [3.05, 3.63) is 133 Å². The molecule has 0 bridgehead atoms. The van der Waals surface area contributed by atoms with Crippen LogP contribution in [0.15, 0.2) is 101 Å². The zero-order valence-corrected chi connectivity index (χ0v) is 26.4. The molecule has 5 aromatic rings. The van der Waals surface area contributed by atoms with Crippen LogP contribution in [0.2, 0.25) is 0 Å². The van der Waals surface area contributed by atoms with Gasteiger partial charge in [-0.25, -0.2) is 9.79 Å². The summed E-state index contributed by atoms with van der Waals surface area (Å²) in [7, 11) is 3.12. The molecule has 0 radical (unpaired) electrons. The van der Waals surface area contributed by atoms with Crippen LogP contribution in [0.3, 0.4) is 0 Å². The summed E-state index contributed by atoms with van der Waals surface area (Å²) in [5.41, 5.74) is 4.81. The number of thiazole rings is 1. The van der Waals surface area contributed by atoms with Crippen LogP contribution in [0.4, 0.5) is 0 Å². The van der Waals surface area contributed by atoms with Crippen LogP contribution in [0.25, 0.3) is 22.7 Å². The van der Waals surface area contributed by atoms with Gasteiger partial charge in [0.05, 0.1) is 36.6 Å². The molecular weight excluding hydrogens is 586 g/mol. The number of fused-ring (bicyclic) bond motifs is 2. The summed E-state index contributed by atoms with van der Waals surface area (Å²) in [5.74, 6) is 0.494. The van der Waals surface area contributed by atoms with E-state index in [2.05, 4.69) is 23.3 Å². The maximum atomic E-state index is 14.5. The summed E-state index contributed by atoms with van der Waals surface area (Å²) in [6.07, 6.45) is 3.79. The number of esters is 1. The highest BCUT2D eigenvalue weighted by Crippen LogP contribution is 2.40. The van der Waals surface area contributed by atoms with E-state index in [1.165, 1.54) is 11.3 Å². The van der Waals surface area contributed by atoms with Crippen LogP contribution in [0.5, 0.6) is 11.5 Å². The van der Waals surface area contributed by atoms with Gasteiger partial charge in [-0.2, -0.15) is 0 Å². The predicted molar refractivity (Wildman–Crippen MR) is 177 cm³/mol. The van der Waals surface area contributed by atoms with E-state index in [0.29, 0.717) is 38.6 Å². The van der Waals surface area contributed by atoms with Crippen molar-refractivity contribution in [3.63, 3.8) is 0 Å².